The van der Waals surface area contributed by atoms with Gasteiger partial charge in [-0.25, -0.2) is 0 Å². The summed E-state index contributed by atoms with van der Waals surface area (Å²) in [5.41, 5.74) is 1.16. The molecule has 1 N–H and O–H groups in total. The summed E-state index contributed by atoms with van der Waals surface area (Å²) in [6.45, 7) is 1.94. The average molecular weight is 375 g/mol. The van der Waals surface area contributed by atoms with Crippen molar-refractivity contribution in [1.82, 2.24) is 0 Å². The quantitative estimate of drug-likeness (QED) is 0.869. The zero-order valence-corrected chi connectivity index (χ0v) is 15.2. The first-order valence-corrected chi connectivity index (χ1v) is 8.58. The molecule has 1 heterocycles. The number of ether oxygens (including phenoxy) is 2. The predicted molar refractivity (Wildman–Crippen MR) is 100 cm³/mol. The summed E-state index contributed by atoms with van der Waals surface area (Å²) in [6.07, 6.45) is -0.455. The summed E-state index contributed by atoms with van der Waals surface area (Å²) in [6, 6.07) is 12.3. The molecule has 1 atom stereocenters. The van der Waals surface area contributed by atoms with E-state index in [-0.39, 0.29) is 24.8 Å². The zero-order valence-electron chi connectivity index (χ0n) is 14.5. The summed E-state index contributed by atoms with van der Waals surface area (Å²) in [4.78, 5) is 26.4. The van der Waals surface area contributed by atoms with Crippen molar-refractivity contribution in [3.8, 4) is 11.5 Å². The highest BCUT2D eigenvalue weighted by Crippen LogP contribution is 2.34. The van der Waals surface area contributed by atoms with Gasteiger partial charge in [0.1, 0.15) is 11.5 Å². The van der Waals surface area contributed by atoms with Crippen molar-refractivity contribution in [3.63, 3.8) is 0 Å². The number of carbonyl (C=O) groups is 2. The second-order valence-electron chi connectivity index (χ2n) is 5.86. The molecule has 0 fully saturated rings. The molecule has 2 aromatic carbocycles. The van der Waals surface area contributed by atoms with Crippen molar-refractivity contribution in [3.05, 3.63) is 47.5 Å². The molecule has 0 radical (unpaired) electrons. The molecule has 1 aliphatic rings. The highest BCUT2D eigenvalue weighted by molar-refractivity contribution is 6.31. The third-order valence-electron chi connectivity index (χ3n) is 4.07. The van der Waals surface area contributed by atoms with Crippen LogP contribution in [0, 0.1) is 0 Å². The number of nitrogens with zero attached hydrogens (tertiary/aromatic N) is 1. The molecular weight excluding hydrogens is 356 g/mol. The normalized spacial score (nSPS) is 15.9. The molecule has 2 amide bonds. The van der Waals surface area contributed by atoms with E-state index in [4.69, 9.17) is 21.1 Å². The molecule has 7 heteroatoms. The van der Waals surface area contributed by atoms with E-state index in [9.17, 15) is 9.59 Å². The van der Waals surface area contributed by atoms with E-state index in [2.05, 4.69) is 5.32 Å². The lowest BCUT2D eigenvalue weighted by atomic mass is 10.1. The number of hydrogen-bond acceptors (Lipinski definition) is 4. The summed E-state index contributed by atoms with van der Waals surface area (Å²) in [7, 11) is 1.52. The van der Waals surface area contributed by atoms with E-state index in [0.29, 0.717) is 27.9 Å². The van der Waals surface area contributed by atoms with Crippen LogP contribution < -0.4 is 19.7 Å². The van der Waals surface area contributed by atoms with Gasteiger partial charge in [0.15, 0.2) is 6.10 Å². The van der Waals surface area contributed by atoms with Crippen LogP contribution in [0.3, 0.4) is 0 Å². The molecule has 2 aromatic rings. The van der Waals surface area contributed by atoms with Crippen molar-refractivity contribution >= 4 is 34.8 Å². The number of anilines is 2. The van der Waals surface area contributed by atoms with Crippen molar-refractivity contribution in [2.24, 2.45) is 0 Å². The monoisotopic (exact) mass is 374 g/mol. The van der Waals surface area contributed by atoms with Crippen LogP contribution >= 0.6 is 11.6 Å². The van der Waals surface area contributed by atoms with E-state index in [1.807, 2.05) is 18.2 Å². The standard InChI is InChI=1S/C19H19ClN2O4/c1-12-19(24)22(15-5-3-4-6-17(15)26-12)10-9-18(23)21-14-11-13(20)7-8-16(14)25-2/h3-8,11-12H,9-10H2,1-2H3,(H,21,23)/t12-/m0/s1. The minimum Gasteiger partial charge on any atom is -0.495 e. The Morgan fingerprint density at radius 1 is 1.31 bits per heavy atom. The van der Waals surface area contributed by atoms with Crippen LogP contribution in [-0.2, 0) is 9.59 Å². The van der Waals surface area contributed by atoms with Crippen LogP contribution in [0.15, 0.2) is 42.5 Å². The Morgan fingerprint density at radius 3 is 2.85 bits per heavy atom. The maximum atomic E-state index is 12.4. The lowest BCUT2D eigenvalue weighted by molar-refractivity contribution is -0.125. The largest absolute Gasteiger partial charge is 0.495 e. The van der Waals surface area contributed by atoms with Gasteiger partial charge >= 0.3 is 0 Å². The fourth-order valence-electron chi connectivity index (χ4n) is 2.79. The number of benzene rings is 2. The third-order valence-corrected chi connectivity index (χ3v) is 4.31. The van der Waals surface area contributed by atoms with E-state index in [1.54, 1.807) is 36.1 Å². The van der Waals surface area contributed by atoms with Crippen LogP contribution in [-0.4, -0.2) is 31.6 Å². The molecule has 6 nitrogen and oxygen atoms in total. The van der Waals surface area contributed by atoms with Gasteiger partial charge in [0.25, 0.3) is 5.91 Å². The van der Waals surface area contributed by atoms with Gasteiger partial charge in [0.05, 0.1) is 18.5 Å². The second-order valence-corrected chi connectivity index (χ2v) is 6.30. The first kappa shape index (κ1) is 18.1. The summed E-state index contributed by atoms with van der Waals surface area (Å²) in [5, 5.41) is 3.27. The number of para-hydroxylation sites is 2. The van der Waals surface area contributed by atoms with Crippen LogP contribution in [0.2, 0.25) is 5.02 Å². The maximum Gasteiger partial charge on any atom is 0.267 e. The average Bonchev–Trinajstić information content (AvgIpc) is 2.62. The van der Waals surface area contributed by atoms with Crippen molar-refractivity contribution in [1.29, 1.82) is 0 Å². The van der Waals surface area contributed by atoms with Crippen LogP contribution in [0.1, 0.15) is 13.3 Å². The highest BCUT2D eigenvalue weighted by Gasteiger charge is 2.31. The van der Waals surface area contributed by atoms with E-state index < -0.39 is 6.10 Å². The Kier molecular flexibility index (Phi) is 5.32. The number of halogens is 1. The molecule has 0 unspecified atom stereocenters. The number of rotatable bonds is 5. The van der Waals surface area contributed by atoms with Gasteiger partial charge in [-0.3, -0.25) is 9.59 Å². The van der Waals surface area contributed by atoms with E-state index in [1.165, 1.54) is 7.11 Å². The van der Waals surface area contributed by atoms with Gasteiger partial charge in [0, 0.05) is 18.0 Å². The van der Waals surface area contributed by atoms with Crippen molar-refractivity contribution in [2.75, 3.05) is 23.9 Å². The number of nitrogens with one attached hydrogen (secondary N) is 1. The SMILES string of the molecule is COc1ccc(Cl)cc1NC(=O)CCN1C(=O)[C@H](C)Oc2ccccc21. The molecule has 0 bridgehead atoms. The Morgan fingerprint density at radius 2 is 2.08 bits per heavy atom. The lowest BCUT2D eigenvalue weighted by Crippen LogP contribution is -2.45. The highest BCUT2D eigenvalue weighted by atomic mass is 35.5. The fourth-order valence-corrected chi connectivity index (χ4v) is 2.97. The Labute approximate surface area is 156 Å². The van der Waals surface area contributed by atoms with Gasteiger partial charge in [-0.2, -0.15) is 0 Å². The molecule has 136 valence electrons. The first-order chi connectivity index (χ1) is 12.5. The summed E-state index contributed by atoms with van der Waals surface area (Å²) < 4.78 is 10.8. The summed E-state index contributed by atoms with van der Waals surface area (Å²) in [5.74, 6) is 0.743. The number of fused-ring (bicyclic) bond motifs is 1. The lowest BCUT2D eigenvalue weighted by Gasteiger charge is -2.32. The smallest absolute Gasteiger partial charge is 0.267 e. The molecule has 3 rings (SSSR count). The van der Waals surface area contributed by atoms with Crippen LogP contribution in [0.5, 0.6) is 11.5 Å². The van der Waals surface area contributed by atoms with Crippen LogP contribution in [0.4, 0.5) is 11.4 Å². The minimum absolute atomic E-state index is 0.127. The topological polar surface area (TPSA) is 67.9 Å². The second kappa shape index (κ2) is 7.66. The number of amides is 2. The Hall–Kier alpha value is -2.73. The van der Waals surface area contributed by atoms with Gasteiger partial charge in [-0.15, -0.1) is 0 Å². The third kappa shape index (κ3) is 3.75. The van der Waals surface area contributed by atoms with Gasteiger partial charge in [-0.05, 0) is 37.3 Å². The first-order valence-electron chi connectivity index (χ1n) is 8.20. The molecular formula is C19H19ClN2O4. The molecule has 0 aliphatic carbocycles. The Bertz CT molecular complexity index is 840. The number of hydrogen-bond donors (Lipinski definition) is 1. The van der Waals surface area contributed by atoms with Crippen LogP contribution in [0.25, 0.3) is 0 Å². The molecule has 0 aromatic heterocycles. The summed E-state index contributed by atoms with van der Waals surface area (Å²) >= 11 is 5.97. The number of carbonyl (C=O) groups excluding carboxylic acids is 2. The van der Waals surface area contributed by atoms with Gasteiger partial charge < -0.3 is 19.7 Å². The maximum absolute atomic E-state index is 12.4. The van der Waals surface area contributed by atoms with E-state index >= 15 is 0 Å². The zero-order chi connectivity index (χ0) is 18.7. The fraction of sp³-hybridized carbons (Fsp3) is 0.263. The van der Waals surface area contributed by atoms with Crippen molar-refractivity contribution in [2.45, 2.75) is 19.4 Å². The minimum atomic E-state index is -0.582. The van der Waals surface area contributed by atoms with Crippen molar-refractivity contribution < 1.29 is 19.1 Å². The van der Waals surface area contributed by atoms with Gasteiger partial charge in [0.2, 0.25) is 5.91 Å². The molecule has 1 aliphatic heterocycles. The van der Waals surface area contributed by atoms with E-state index in [0.717, 1.165) is 0 Å². The molecule has 26 heavy (non-hydrogen) atoms. The molecule has 0 saturated carbocycles. The Balaban J connectivity index is 1.70. The molecule has 0 saturated heterocycles. The molecule has 0 spiro atoms. The van der Waals surface area contributed by atoms with Gasteiger partial charge in [-0.1, -0.05) is 23.7 Å². The number of methoxy groups -OCH3 is 1. The predicted octanol–water partition coefficient (Wildman–Crippen LogP) is 3.49.